The molecule has 24 heavy (non-hydrogen) atoms. The molecule has 0 spiro atoms. The summed E-state index contributed by atoms with van der Waals surface area (Å²) in [5.74, 6) is 1.93. The van der Waals surface area contributed by atoms with Crippen molar-refractivity contribution in [1.82, 2.24) is 5.32 Å². The minimum absolute atomic E-state index is 0.211. The molecule has 0 unspecified atom stereocenters. The third kappa shape index (κ3) is 1.61. The van der Waals surface area contributed by atoms with Gasteiger partial charge in [-0.05, 0) is 31.2 Å². The van der Waals surface area contributed by atoms with E-state index in [9.17, 15) is 4.79 Å². The summed E-state index contributed by atoms with van der Waals surface area (Å²) in [6.07, 6.45) is 4.00. The zero-order valence-electron chi connectivity index (χ0n) is 13.9. The van der Waals surface area contributed by atoms with Crippen LogP contribution in [0, 0.1) is 11.8 Å². The molecule has 0 aromatic heterocycles. The van der Waals surface area contributed by atoms with Gasteiger partial charge in [0.25, 0.3) is 0 Å². The predicted molar refractivity (Wildman–Crippen MR) is 91.2 cm³/mol. The molecule has 1 N–H and O–H groups in total. The molecule has 2 aliphatic carbocycles. The van der Waals surface area contributed by atoms with Gasteiger partial charge in [-0.3, -0.25) is 4.79 Å². The highest BCUT2D eigenvalue weighted by Gasteiger charge is 2.54. The second kappa shape index (κ2) is 4.88. The molecule has 5 rings (SSSR count). The number of nitrogens with zero attached hydrogens (tertiary/aromatic N) is 2. The highest BCUT2D eigenvalue weighted by atomic mass is 16.1. The summed E-state index contributed by atoms with van der Waals surface area (Å²) in [5.41, 5.74) is 4.17. The van der Waals surface area contributed by atoms with Gasteiger partial charge in [-0.25, -0.2) is 0 Å². The lowest BCUT2D eigenvalue weighted by Crippen LogP contribution is -2.46. The zero-order chi connectivity index (χ0) is 16.3. The quantitative estimate of drug-likeness (QED) is 0.899. The Hall–Kier alpha value is -2.23. The Morgan fingerprint density at radius 1 is 1.21 bits per heavy atom. The minimum atomic E-state index is -0.362. The van der Waals surface area contributed by atoms with Crippen molar-refractivity contribution in [2.45, 2.75) is 38.0 Å². The molecule has 1 aromatic rings. The second-order valence-electron chi connectivity index (χ2n) is 7.34. The number of nitrogens with one attached hydrogen (secondary N) is 1. The highest BCUT2D eigenvalue weighted by Crippen LogP contribution is 2.55. The summed E-state index contributed by atoms with van der Waals surface area (Å²) in [5, 5.41) is 12.2. The van der Waals surface area contributed by atoms with Crippen molar-refractivity contribution in [1.29, 1.82) is 0 Å². The number of allylic oxidation sites excluding steroid dienone is 2. The van der Waals surface area contributed by atoms with Gasteiger partial charge in [0.15, 0.2) is 11.6 Å². The number of rotatable bonds is 2. The molecule has 3 atom stereocenters. The Bertz CT molecular complexity index is 821. The molecule has 4 nitrogen and oxygen atoms in total. The standard InChI is InChI=1S/C20H21N3O/c1-2-20(14-6-4-3-5-7-14)15-11-21-23-19(15)22-17-12-8-9-13(10-12)18(24)16(17)20/h3-7,12-13,22H,2,8-11H2,1H3/t12-,13+,20-/m1/s1. The Labute approximate surface area is 141 Å². The summed E-state index contributed by atoms with van der Waals surface area (Å²) >= 11 is 0. The molecule has 2 heterocycles. The number of hydrogen-bond donors (Lipinski definition) is 1. The smallest absolute Gasteiger partial charge is 0.164 e. The van der Waals surface area contributed by atoms with Crippen LogP contribution in [0.5, 0.6) is 0 Å². The fourth-order valence-electron chi connectivity index (χ4n) is 5.29. The molecule has 1 fully saturated rings. The third-order valence-electron chi connectivity index (χ3n) is 6.40. The van der Waals surface area contributed by atoms with E-state index < -0.39 is 0 Å². The normalized spacial score (nSPS) is 33.6. The van der Waals surface area contributed by atoms with E-state index in [0.717, 1.165) is 42.8 Å². The minimum Gasteiger partial charge on any atom is -0.342 e. The SMILES string of the molecule is CC[C@@]1(c2ccccc2)C2=C(N=NC2)NC2=C1C(=O)[C@H]1CC[C@@H]2C1. The lowest BCUT2D eigenvalue weighted by Gasteiger charge is -2.44. The van der Waals surface area contributed by atoms with Crippen LogP contribution in [0.3, 0.4) is 0 Å². The van der Waals surface area contributed by atoms with Gasteiger partial charge in [0, 0.05) is 28.7 Å². The fourth-order valence-corrected chi connectivity index (χ4v) is 5.29. The molecule has 0 radical (unpaired) electrons. The average molecular weight is 319 g/mol. The van der Waals surface area contributed by atoms with Crippen LogP contribution in [0.25, 0.3) is 0 Å². The van der Waals surface area contributed by atoms with Crippen molar-refractivity contribution in [3.8, 4) is 0 Å². The van der Waals surface area contributed by atoms with E-state index in [1.54, 1.807) is 0 Å². The first-order valence-electron chi connectivity index (χ1n) is 8.98. The van der Waals surface area contributed by atoms with Gasteiger partial charge in [0.05, 0.1) is 12.0 Å². The molecular weight excluding hydrogens is 298 g/mol. The highest BCUT2D eigenvalue weighted by molar-refractivity contribution is 6.03. The lowest BCUT2D eigenvalue weighted by molar-refractivity contribution is -0.120. The Balaban J connectivity index is 1.81. The number of Topliss-reactive ketones (excluding diaryl/α,β-unsaturated/α-hetero) is 1. The monoisotopic (exact) mass is 319 g/mol. The number of ketones is 1. The molecule has 4 aliphatic rings. The van der Waals surface area contributed by atoms with E-state index in [4.69, 9.17) is 0 Å². The van der Waals surface area contributed by atoms with Crippen LogP contribution in [-0.4, -0.2) is 12.3 Å². The van der Waals surface area contributed by atoms with E-state index in [1.165, 1.54) is 11.1 Å². The Kier molecular flexibility index (Phi) is 2.88. The number of carbonyl (C=O) groups excluding carboxylic acids is 1. The Morgan fingerprint density at radius 2 is 2.00 bits per heavy atom. The van der Waals surface area contributed by atoms with Crippen molar-refractivity contribution in [3.63, 3.8) is 0 Å². The van der Waals surface area contributed by atoms with Gasteiger partial charge < -0.3 is 5.32 Å². The largest absolute Gasteiger partial charge is 0.342 e. The third-order valence-corrected chi connectivity index (χ3v) is 6.40. The maximum Gasteiger partial charge on any atom is 0.164 e. The lowest BCUT2D eigenvalue weighted by atomic mass is 9.60. The van der Waals surface area contributed by atoms with Gasteiger partial charge in [0.2, 0.25) is 0 Å². The van der Waals surface area contributed by atoms with Crippen LogP contribution in [0.15, 0.2) is 63.2 Å². The van der Waals surface area contributed by atoms with E-state index in [1.807, 2.05) is 6.07 Å². The fraction of sp³-hybridized carbons (Fsp3) is 0.450. The average Bonchev–Trinajstić information content (AvgIpc) is 3.27. The van der Waals surface area contributed by atoms with Crippen molar-refractivity contribution in [3.05, 3.63) is 58.6 Å². The molecule has 2 bridgehead atoms. The van der Waals surface area contributed by atoms with Crippen LogP contribution < -0.4 is 5.32 Å². The van der Waals surface area contributed by atoms with E-state index >= 15 is 0 Å². The van der Waals surface area contributed by atoms with Gasteiger partial charge in [0.1, 0.15) is 0 Å². The first-order chi connectivity index (χ1) is 11.8. The van der Waals surface area contributed by atoms with Crippen molar-refractivity contribution >= 4 is 5.78 Å². The van der Waals surface area contributed by atoms with Gasteiger partial charge in [-0.1, -0.05) is 37.3 Å². The van der Waals surface area contributed by atoms with Crippen LogP contribution >= 0.6 is 0 Å². The van der Waals surface area contributed by atoms with Gasteiger partial charge in [-0.15, -0.1) is 5.11 Å². The van der Waals surface area contributed by atoms with Crippen molar-refractivity contribution in [2.75, 3.05) is 6.54 Å². The van der Waals surface area contributed by atoms with Gasteiger partial charge in [-0.2, -0.15) is 5.11 Å². The molecular formula is C20H21N3O. The van der Waals surface area contributed by atoms with Crippen molar-refractivity contribution in [2.24, 2.45) is 22.1 Å². The maximum absolute atomic E-state index is 13.4. The number of fused-ring (bicyclic) bond motifs is 3. The molecule has 1 aromatic carbocycles. The van der Waals surface area contributed by atoms with Crippen LogP contribution in [0.1, 0.15) is 38.2 Å². The van der Waals surface area contributed by atoms with E-state index in [2.05, 4.69) is 46.7 Å². The first-order valence-corrected chi connectivity index (χ1v) is 8.98. The molecule has 1 saturated carbocycles. The number of azo groups is 1. The number of dihydropyridines is 1. The number of benzene rings is 1. The van der Waals surface area contributed by atoms with Crippen molar-refractivity contribution < 1.29 is 4.79 Å². The maximum atomic E-state index is 13.4. The first kappa shape index (κ1) is 14.1. The van der Waals surface area contributed by atoms with Crippen LogP contribution in [-0.2, 0) is 10.2 Å². The second-order valence-corrected chi connectivity index (χ2v) is 7.34. The summed E-state index contributed by atoms with van der Waals surface area (Å²) in [6.45, 7) is 2.78. The summed E-state index contributed by atoms with van der Waals surface area (Å²) < 4.78 is 0. The molecule has 4 heteroatoms. The molecule has 0 saturated heterocycles. The molecule has 0 amide bonds. The topological polar surface area (TPSA) is 53.8 Å². The summed E-state index contributed by atoms with van der Waals surface area (Å²) in [7, 11) is 0. The summed E-state index contributed by atoms with van der Waals surface area (Å²) in [4.78, 5) is 13.4. The van der Waals surface area contributed by atoms with Crippen LogP contribution in [0.4, 0.5) is 0 Å². The number of carbonyl (C=O) groups is 1. The summed E-state index contributed by atoms with van der Waals surface area (Å²) in [6, 6.07) is 10.5. The molecule has 122 valence electrons. The van der Waals surface area contributed by atoms with E-state index in [0.29, 0.717) is 18.2 Å². The van der Waals surface area contributed by atoms with Crippen LogP contribution in [0.2, 0.25) is 0 Å². The zero-order valence-corrected chi connectivity index (χ0v) is 13.9. The molecule has 2 aliphatic heterocycles. The number of hydrogen-bond acceptors (Lipinski definition) is 4. The predicted octanol–water partition coefficient (Wildman–Crippen LogP) is 3.87. The van der Waals surface area contributed by atoms with Gasteiger partial charge >= 0.3 is 0 Å². The van der Waals surface area contributed by atoms with E-state index in [-0.39, 0.29) is 11.3 Å². The Morgan fingerprint density at radius 3 is 2.79 bits per heavy atom.